The van der Waals surface area contributed by atoms with Gasteiger partial charge in [-0.3, -0.25) is 4.79 Å². The standard InChI is InChI=1S/C14H19FN2O4S/c1-2-3-10-9-21-7-6-17(10)14(18)12-8-11(22(16,19)20)4-5-13(12)15/h4-5,8,10H,2-3,6-7,9H2,1H3,(H2,16,19,20)/t10-/m0/s1. The smallest absolute Gasteiger partial charge is 0.257 e. The Kier molecular flexibility index (Phi) is 5.15. The van der Waals surface area contributed by atoms with Gasteiger partial charge < -0.3 is 9.64 Å². The molecule has 1 amide bonds. The molecule has 1 saturated heterocycles. The number of nitrogens with zero attached hydrogens (tertiary/aromatic N) is 1. The lowest BCUT2D eigenvalue weighted by Crippen LogP contribution is -2.48. The van der Waals surface area contributed by atoms with Gasteiger partial charge in [-0.15, -0.1) is 0 Å². The van der Waals surface area contributed by atoms with Gasteiger partial charge in [0.1, 0.15) is 5.82 Å². The third-order valence-corrected chi connectivity index (χ3v) is 4.52. The number of amides is 1. The summed E-state index contributed by atoms with van der Waals surface area (Å²) in [6.45, 7) is 3.11. The van der Waals surface area contributed by atoms with Gasteiger partial charge in [0.25, 0.3) is 5.91 Å². The summed E-state index contributed by atoms with van der Waals surface area (Å²) in [6.07, 6.45) is 1.60. The van der Waals surface area contributed by atoms with Crippen LogP contribution in [0.2, 0.25) is 0 Å². The summed E-state index contributed by atoms with van der Waals surface area (Å²) in [4.78, 5) is 13.8. The molecule has 0 aliphatic carbocycles. The Morgan fingerprint density at radius 1 is 1.50 bits per heavy atom. The molecule has 0 radical (unpaired) electrons. The number of rotatable bonds is 4. The van der Waals surface area contributed by atoms with Gasteiger partial charge in [-0.05, 0) is 24.6 Å². The highest BCUT2D eigenvalue weighted by molar-refractivity contribution is 7.89. The Bertz CT molecular complexity index is 661. The molecule has 0 spiro atoms. The number of carbonyl (C=O) groups is 1. The van der Waals surface area contributed by atoms with Crippen molar-refractivity contribution in [3.63, 3.8) is 0 Å². The predicted molar refractivity (Wildman–Crippen MR) is 78.3 cm³/mol. The molecule has 1 aliphatic rings. The maximum atomic E-state index is 14.0. The van der Waals surface area contributed by atoms with E-state index in [1.807, 2.05) is 6.92 Å². The first-order valence-electron chi connectivity index (χ1n) is 7.05. The van der Waals surface area contributed by atoms with Crippen molar-refractivity contribution in [2.75, 3.05) is 19.8 Å². The van der Waals surface area contributed by atoms with Crippen LogP contribution in [-0.2, 0) is 14.8 Å². The highest BCUT2D eigenvalue weighted by Gasteiger charge is 2.29. The molecular formula is C14H19FN2O4S. The molecule has 0 aromatic heterocycles. The quantitative estimate of drug-likeness (QED) is 0.895. The third-order valence-electron chi connectivity index (χ3n) is 3.61. The molecule has 1 fully saturated rings. The van der Waals surface area contributed by atoms with E-state index in [0.717, 1.165) is 31.0 Å². The predicted octanol–water partition coefficient (Wildman–Crippen LogP) is 1.11. The van der Waals surface area contributed by atoms with E-state index in [2.05, 4.69) is 0 Å². The monoisotopic (exact) mass is 330 g/mol. The molecule has 122 valence electrons. The van der Waals surface area contributed by atoms with Gasteiger partial charge in [0.15, 0.2) is 0 Å². The minimum absolute atomic E-state index is 0.135. The molecule has 1 heterocycles. The average Bonchev–Trinajstić information content (AvgIpc) is 2.47. The Labute approximate surface area is 129 Å². The Morgan fingerprint density at radius 3 is 2.86 bits per heavy atom. The second-order valence-electron chi connectivity index (χ2n) is 5.20. The van der Waals surface area contributed by atoms with Crippen LogP contribution in [0.5, 0.6) is 0 Å². The van der Waals surface area contributed by atoms with Gasteiger partial charge >= 0.3 is 0 Å². The molecule has 8 heteroatoms. The fourth-order valence-corrected chi connectivity index (χ4v) is 3.03. The lowest BCUT2D eigenvalue weighted by Gasteiger charge is -2.35. The molecule has 0 bridgehead atoms. The van der Waals surface area contributed by atoms with Gasteiger partial charge in [-0.1, -0.05) is 13.3 Å². The van der Waals surface area contributed by atoms with Gasteiger partial charge in [0.05, 0.1) is 29.7 Å². The van der Waals surface area contributed by atoms with Crippen LogP contribution in [0, 0.1) is 5.82 Å². The van der Waals surface area contributed by atoms with Gasteiger partial charge in [0.2, 0.25) is 10.0 Å². The minimum atomic E-state index is -3.99. The zero-order valence-corrected chi connectivity index (χ0v) is 13.1. The molecule has 2 N–H and O–H groups in total. The van der Waals surface area contributed by atoms with Crippen LogP contribution in [0.4, 0.5) is 4.39 Å². The number of halogens is 1. The molecule has 1 aliphatic heterocycles. The van der Waals surface area contributed by atoms with Crippen molar-refractivity contribution in [1.29, 1.82) is 0 Å². The summed E-state index contributed by atoms with van der Waals surface area (Å²) in [7, 11) is -3.99. The highest BCUT2D eigenvalue weighted by atomic mass is 32.2. The topological polar surface area (TPSA) is 89.7 Å². The maximum Gasteiger partial charge on any atom is 0.257 e. The number of benzene rings is 1. The van der Waals surface area contributed by atoms with Crippen molar-refractivity contribution in [3.05, 3.63) is 29.6 Å². The van der Waals surface area contributed by atoms with E-state index in [4.69, 9.17) is 9.88 Å². The van der Waals surface area contributed by atoms with E-state index >= 15 is 0 Å². The molecule has 1 atom stereocenters. The average molecular weight is 330 g/mol. The van der Waals surface area contributed by atoms with Crippen molar-refractivity contribution >= 4 is 15.9 Å². The molecular weight excluding hydrogens is 311 g/mol. The van der Waals surface area contributed by atoms with E-state index in [9.17, 15) is 17.6 Å². The van der Waals surface area contributed by atoms with Gasteiger partial charge in [-0.2, -0.15) is 0 Å². The van der Waals surface area contributed by atoms with Crippen molar-refractivity contribution in [3.8, 4) is 0 Å². The summed E-state index contributed by atoms with van der Waals surface area (Å²) in [6, 6.07) is 2.85. The maximum absolute atomic E-state index is 14.0. The molecule has 1 aromatic rings. The van der Waals surface area contributed by atoms with Crippen LogP contribution in [0.1, 0.15) is 30.1 Å². The van der Waals surface area contributed by atoms with Crippen LogP contribution in [-0.4, -0.2) is 45.0 Å². The minimum Gasteiger partial charge on any atom is -0.377 e. The lowest BCUT2D eigenvalue weighted by atomic mass is 10.1. The Morgan fingerprint density at radius 2 is 2.23 bits per heavy atom. The summed E-state index contributed by atoms with van der Waals surface area (Å²) >= 11 is 0. The number of sulfonamides is 1. The zero-order chi connectivity index (χ0) is 16.3. The summed E-state index contributed by atoms with van der Waals surface area (Å²) in [5.41, 5.74) is -0.283. The molecule has 6 nitrogen and oxygen atoms in total. The Hall–Kier alpha value is -1.51. The van der Waals surface area contributed by atoms with Crippen LogP contribution in [0.25, 0.3) is 0 Å². The number of primary sulfonamides is 1. The summed E-state index contributed by atoms with van der Waals surface area (Å²) in [5, 5.41) is 5.03. The second-order valence-corrected chi connectivity index (χ2v) is 6.76. The second kappa shape index (κ2) is 6.72. The molecule has 0 unspecified atom stereocenters. The summed E-state index contributed by atoms with van der Waals surface area (Å²) in [5.74, 6) is -1.30. The number of ether oxygens (including phenoxy) is 1. The van der Waals surface area contributed by atoms with Crippen molar-refractivity contribution in [1.82, 2.24) is 4.90 Å². The first-order chi connectivity index (χ1) is 10.3. The molecule has 2 rings (SSSR count). The van der Waals surface area contributed by atoms with Crippen molar-refractivity contribution < 1.29 is 22.3 Å². The first-order valence-corrected chi connectivity index (χ1v) is 8.60. The van der Waals surface area contributed by atoms with Gasteiger partial charge in [0, 0.05) is 6.54 Å². The molecule has 1 aromatic carbocycles. The Balaban J connectivity index is 2.35. The van der Waals surface area contributed by atoms with Crippen LogP contribution in [0.3, 0.4) is 0 Å². The van der Waals surface area contributed by atoms with Crippen molar-refractivity contribution in [2.45, 2.75) is 30.7 Å². The number of morpholine rings is 1. The fourth-order valence-electron chi connectivity index (χ4n) is 2.49. The van der Waals surface area contributed by atoms with E-state index in [1.54, 1.807) is 4.90 Å². The van der Waals surface area contributed by atoms with Crippen LogP contribution >= 0.6 is 0 Å². The highest BCUT2D eigenvalue weighted by Crippen LogP contribution is 2.20. The van der Waals surface area contributed by atoms with Crippen LogP contribution in [0.15, 0.2) is 23.1 Å². The normalized spacial score (nSPS) is 19.2. The van der Waals surface area contributed by atoms with Crippen LogP contribution < -0.4 is 5.14 Å². The fraction of sp³-hybridized carbons (Fsp3) is 0.500. The number of hydrogen-bond donors (Lipinski definition) is 1. The largest absolute Gasteiger partial charge is 0.377 e. The molecule has 22 heavy (non-hydrogen) atoms. The van der Waals surface area contributed by atoms with Crippen molar-refractivity contribution in [2.24, 2.45) is 5.14 Å². The van der Waals surface area contributed by atoms with E-state index in [0.29, 0.717) is 19.8 Å². The zero-order valence-electron chi connectivity index (χ0n) is 12.3. The molecule has 0 saturated carbocycles. The van der Waals surface area contributed by atoms with E-state index in [1.165, 1.54) is 0 Å². The number of hydrogen-bond acceptors (Lipinski definition) is 4. The number of carbonyl (C=O) groups excluding carboxylic acids is 1. The van der Waals surface area contributed by atoms with Gasteiger partial charge in [-0.25, -0.2) is 17.9 Å². The summed E-state index contributed by atoms with van der Waals surface area (Å²) < 4.78 is 42.1. The SMILES string of the molecule is CCC[C@H]1COCCN1C(=O)c1cc(S(N)(=O)=O)ccc1F. The van der Waals surface area contributed by atoms with E-state index in [-0.39, 0.29) is 16.5 Å². The lowest BCUT2D eigenvalue weighted by molar-refractivity contribution is -0.00458. The number of nitrogens with two attached hydrogens (primary N) is 1. The third kappa shape index (κ3) is 3.63. The first kappa shape index (κ1) is 16.9. The van der Waals surface area contributed by atoms with E-state index < -0.39 is 21.7 Å².